The van der Waals surface area contributed by atoms with Crippen LogP contribution in [0.15, 0.2) is 30.5 Å². The van der Waals surface area contributed by atoms with E-state index in [4.69, 9.17) is 9.47 Å². The largest absolute Gasteiger partial charge is 0.356 e. The number of nitrogens with zero attached hydrogens (tertiary/aromatic N) is 2. The van der Waals surface area contributed by atoms with E-state index in [0.29, 0.717) is 31.0 Å². The maximum atomic E-state index is 14.1. The van der Waals surface area contributed by atoms with E-state index in [1.807, 2.05) is 0 Å². The molecule has 5 rings (SSSR count). The lowest BCUT2D eigenvalue weighted by Gasteiger charge is -2.31. The van der Waals surface area contributed by atoms with Crippen molar-refractivity contribution in [2.75, 3.05) is 13.2 Å². The zero-order chi connectivity index (χ0) is 16.1. The number of halogens is 1. The van der Waals surface area contributed by atoms with Gasteiger partial charge >= 0.3 is 0 Å². The Labute approximate surface area is 137 Å². The summed E-state index contributed by atoms with van der Waals surface area (Å²) in [5.74, 6) is -0.443. The van der Waals surface area contributed by atoms with Crippen molar-refractivity contribution < 1.29 is 13.9 Å². The number of ether oxygens (including phenoxy) is 2. The number of aromatic nitrogens is 3. The van der Waals surface area contributed by atoms with Crippen LogP contribution in [0.1, 0.15) is 17.7 Å². The van der Waals surface area contributed by atoms with Gasteiger partial charge in [-0.1, -0.05) is 12.1 Å². The van der Waals surface area contributed by atoms with Gasteiger partial charge in [-0.3, -0.25) is 0 Å². The molecule has 0 atom stereocenters. The van der Waals surface area contributed by atoms with Gasteiger partial charge in [-0.25, -0.2) is 14.4 Å². The summed E-state index contributed by atoms with van der Waals surface area (Å²) in [7, 11) is 0. The number of H-pyrrole nitrogens is 1. The second kappa shape index (κ2) is 5.09. The van der Waals surface area contributed by atoms with Gasteiger partial charge in [-0.15, -0.1) is 0 Å². The lowest BCUT2D eigenvalue weighted by atomic mass is 9.91. The first kappa shape index (κ1) is 14.1. The van der Waals surface area contributed by atoms with Gasteiger partial charge in [0, 0.05) is 24.1 Å². The van der Waals surface area contributed by atoms with Gasteiger partial charge in [0.25, 0.3) is 0 Å². The Balaban J connectivity index is 1.64. The molecule has 1 N–H and O–H groups in total. The molecule has 0 amide bonds. The number of hydrogen-bond donors (Lipinski definition) is 1. The third-order valence-corrected chi connectivity index (χ3v) is 4.85. The van der Waals surface area contributed by atoms with Gasteiger partial charge in [0.1, 0.15) is 5.82 Å². The molecule has 1 aliphatic carbocycles. The van der Waals surface area contributed by atoms with E-state index in [-0.39, 0.29) is 5.82 Å². The van der Waals surface area contributed by atoms with Crippen molar-refractivity contribution in [3.8, 4) is 11.4 Å². The van der Waals surface area contributed by atoms with Gasteiger partial charge in [0.05, 0.1) is 36.0 Å². The minimum Gasteiger partial charge on any atom is -0.356 e. The molecule has 1 spiro atoms. The fourth-order valence-corrected chi connectivity index (χ4v) is 3.68. The number of aryl methyl sites for hydroxylation is 1. The normalized spacial score (nSPS) is 19.0. The van der Waals surface area contributed by atoms with E-state index in [1.54, 1.807) is 24.4 Å². The van der Waals surface area contributed by atoms with E-state index in [9.17, 15) is 4.39 Å². The fraction of sp³-hybridized carbons (Fsp3) is 0.333. The summed E-state index contributed by atoms with van der Waals surface area (Å²) < 4.78 is 25.8. The van der Waals surface area contributed by atoms with Crippen molar-refractivity contribution >= 4 is 11.0 Å². The van der Waals surface area contributed by atoms with E-state index >= 15 is 0 Å². The van der Waals surface area contributed by atoms with Crippen LogP contribution in [0.25, 0.3) is 22.4 Å². The zero-order valence-electron chi connectivity index (χ0n) is 13.0. The number of aromatic amines is 1. The molecule has 0 unspecified atom stereocenters. The maximum Gasteiger partial charge on any atom is 0.173 e. The summed E-state index contributed by atoms with van der Waals surface area (Å²) in [6.45, 7) is 1.26. The molecule has 1 saturated heterocycles. The molecule has 2 aromatic heterocycles. The van der Waals surface area contributed by atoms with Gasteiger partial charge in [-0.2, -0.15) is 0 Å². The SMILES string of the molecule is Fc1ccccc1-c1ncc2[nH]c3c(c2n1)CC1(CC3)OCCO1. The number of fused-ring (bicyclic) bond motifs is 3. The van der Waals surface area contributed by atoms with E-state index in [1.165, 1.54) is 6.07 Å². The van der Waals surface area contributed by atoms with Crippen LogP contribution < -0.4 is 0 Å². The topological polar surface area (TPSA) is 60.0 Å². The number of hydrogen-bond acceptors (Lipinski definition) is 4. The Kier molecular flexibility index (Phi) is 2.98. The minimum absolute atomic E-state index is 0.319. The first-order chi connectivity index (χ1) is 11.7. The van der Waals surface area contributed by atoms with E-state index in [2.05, 4.69) is 15.0 Å². The highest BCUT2D eigenvalue weighted by molar-refractivity contribution is 5.82. The quantitative estimate of drug-likeness (QED) is 0.747. The number of benzene rings is 1. The molecule has 0 saturated carbocycles. The van der Waals surface area contributed by atoms with Crippen LogP contribution in [-0.4, -0.2) is 34.0 Å². The smallest absolute Gasteiger partial charge is 0.173 e. The molecule has 3 heterocycles. The Morgan fingerprint density at radius 2 is 2.00 bits per heavy atom. The molecule has 3 aromatic rings. The summed E-state index contributed by atoms with van der Waals surface area (Å²) in [5, 5.41) is 0. The standard InChI is InChI=1S/C18H16FN3O2/c19-13-4-2-1-3-11(13)17-20-10-15-16(22-17)12-9-18(23-7-8-24-18)6-5-14(12)21-15/h1-4,10,21H,5-9H2. The highest BCUT2D eigenvalue weighted by Gasteiger charge is 2.41. The molecule has 1 aliphatic heterocycles. The highest BCUT2D eigenvalue weighted by atomic mass is 19.1. The van der Waals surface area contributed by atoms with Crippen LogP contribution in [0.4, 0.5) is 4.39 Å². The molecule has 2 aliphatic rings. The average Bonchev–Trinajstić information content (AvgIpc) is 3.20. The maximum absolute atomic E-state index is 14.1. The molecule has 5 nitrogen and oxygen atoms in total. The van der Waals surface area contributed by atoms with Crippen LogP contribution in [0.3, 0.4) is 0 Å². The van der Waals surface area contributed by atoms with Crippen molar-refractivity contribution in [2.45, 2.75) is 25.0 Å². The fourth-order valence-electron chi connectivity index (χ4n) is 3.68. The van der Waals surface area contributed by atoms with E-state index in [0.717, 1.165) is 35.1 Å². The van der Waals surface area contributed by atoms with Crippen molar-refractivity contribution in [1.82, 2.24) is 15.0 Å². The highest BCUT2D eigenvalue weighted by Crippen LogP contribution is 2.38. The Hall–Kier alpha value is -2.31. The van der Waals surface area contributed by atoms with Crippen LogP contribution in [0, 0.1) is 5.82 Å². The Morgan fingerprint density at radius 1 is 1.17 bits per heavy atom. The first-order valence-corrected chi connectivity index (χ1v) is 8.13. The molecule has 6 heteroatoms. The molecule has 1 fully saturated rings. The monoisotopic (exact) mass is 325 g/mol. The van der Waals surface area contributed by atoms with E-state index < -0.39 is 5.79 Å². The van der Waals surface area contributed by atoms with Gasteiger partial charge in [0.15, 0.2) is 11.6 Å². The molecule has 0 bridgehead atoms. The van der Waals surface area contributed by atoms with Gasteiger partial charge in [0.2, 0.25) is 0 Å². The third kappa shape index (κ3) is 2.07. The summed E-state index contributed by atoms with van der Waals surface area (Å²) in [4.78, 5) is 12.4. The number of rotatable bonds is 1. The van der Waals surface area contributed by atoms with Crippen molar-refractivity contribution in [1.29, 1.82) is 0 Å². The molecule has 1 aromatic carbocycles. The van der Waals surface area contributed by atoms with Crippen LogP contribution in [0.2, 0.25) is 0 Å². The van der Waals surface area contributed by atoms with Crippen molar-refractivity contribution in [3.05, 3.63) is 47.5 Å². The predicted octanol–water partition coefficient (Wildman–Crippen LogP) is 3.00. The summed E-state index contributed by atoms with van der Waals surface area (Å²) >= 11 is 0. The van der Waals surface area contributed by atoms with Crippen molar-refractivity contribution in [2.24, 2.45) is 0 Å². The molecule has 0 radical (unpaired) electrons. The predicted molar refractivity (Wildman–Crippen MR) is 85.9 cm³/mol. The summed E-state index contributed by atoms with van der Waals surface area (Å²) in [6, 6.07) is 6.56. The van der Waals surface area contributed by atoms with Crippen LogP contribution >= 0.6 is 0 Å². The summed E-state index contributed by atoms with van der Waals surface area (Å²) in [5.41, 5.74) is 4.35. The number of nitrogens with one attached hydrogen (secondary N) is 1. The summed E-state index contributed by atoms with van der Waals surface area (Å²) in [6.07, 6.45) is 4.07. The average molecular weight is 325 g/mol. The lowest BCUT2D eigenvalue weighted by molar-refractivity contribution is -0.163. The Bertz CT molecular complexity index is 931. The second-order valence-electron chi connectivity index (χ2n) is 6.30. The van der Waals surface area contributed by atoms with Crippen LogP contribution in [0.5, 0.6) is 0 Å². The van der Waals surface area contributed by atoms with Crippen molar-refractivity contribution in [3.63, 3.8) is 0 Å². The first-order valence-electron chi connectivity index (χ1n) is 8.13. The lowest BCUT2D eigenvalue weighted by Crippen LogP contribution is -2.36. The van der Waals surface area contributed by atoms with Crippen LogP contribution in [-0.2, 0) is 22.3 Å². The molecular formula is C18H16FN3O2. The third-order valence-electron chi connectivity index (χ3n) is 4.85. The molecule has 122 valence electrons. The van der Waals surface area contributed by atoms with Gasteiger partial charge < -0.3 is 14.5 Å². The second-order valence-corrected chi connectivity index (χ2v) is 6.30. The van der Waals surface area contributed by atoms with Gasteiger partial charge in [-0.05, 0) is 18.6 Å². The molecule has 24 heavy (non-hydrogen) atoms. The molecular weight excluding hydrogens is 309 g/mol. The zero-order valence-corrected chi connectivity index (χ0v) is 13.0. The Morgan fingerprint density at radius 3 is 2.83 bits per heavy atom. The minimum atomic E-state index is -0.523.